The molecule has 0 radical (unpaired) electrons. The third-order valence-corrected chi connectivity index (χ3v) is 3.98. The molecule has 0 fully saturated rings. The van der Waals surface area contributed by atoms with Gasteiger partial charge in [-0.25, -0.2) is 12.4 Å². The molecule has 1 aromatic carbocycles. The van der Waals surface area contributed by atoms with E-state index in [0.717, 1.165) is 6.20 Å². The average Bonchev–Trinajstić information content (AvgIpc) is 2.40. The molecule has 0 bridgehead atoms. The minimum atomic E-state index is -3.93. The van der Waals surface area contributed by atoms with E-state index in [4.69, 9.17) is 5.90 Å². The smallest absolute Gasteiger partial charge is 0.309 e. The van der Waals surface area contributed by atoms with Gasteiger partial charge < -0.3 is 4.84 Å². The normalized spacial score (nSPS) is 11.2. The molecule has 0 saturated carbocycles. The fraction of sp³-hybridized carbons (Fsp3) is 0. The number of nitrogens with zero attached hydrogens (tertiary/aromatic N) is 1. The summed E-state index contributed by atoms with van der Waals surface area (Å²) in [5.74, 6) is 4.65. The van der Waals surface area contributed by atoms with E-state index >= 15 is 0 Å². The van der Waals surface area contributed by atoms with Crippen LogP contribution in [0.5, 0.6) is 5.75 Å². The minimum Gasteiger partial charge on any atom is -0.406 e. The van der Waals surface area contributed by atoms with Crippen molar-refractivity contribution in [2.24, 2.45) is 5.90 Å². The highest BCUT2D eigenvalue weighted by Gasteiger charge is 2.19. The van der Waals surface area contributed by atoms with Crippen LogP contribution in [0.1, 0.15) is 0 Å². The molecule has 0 aliphatic carbocycles. The van der Waals surface area contributed by atoms with Crippen LogP contribution in [0.2, 0.25) is 0 Å². The summed E-state index contributed by atoms with van der Waals surface area (Å²) in [5, 5.41) is 0. The Hall–Kier alpha value is -2.12. The second kappa shape index (κ2) is 4.63. The molecule has 94 valence electrons. The zero-order chi connectivity index (χ0) is 13.2. The summed E-state index contributed by atoms with van der Waals surface area (Å²) in [6.45, 7) is 0. The van der Waals surface area contributed by atoms with Gasteiger partial charge in [0.05, 0.1) is 4.90 Å². The van der Waals surface area contributed by atoms with Gasteiger partial charge in [-0.2, -0.15) is 5.90 Å². The molecule has 7 heteroatoms. The van der Waals surface area contributed by atoms with E-state index in [2.05, 4.69) is 4.84 Å². The van der Waals surface area contributed by atoms with Crippen molar-refractivity contribution in [3.63, 3.8) is 0 Å². The van der Waals surface area contributed by atoms with E-state index in [0.29, 0.717) is 3.97 Å². The Bertz CT molecular complexity index is 707. The van der Waals surface area contributed by atoms with Crippen LogP contribution in [0.3, 0.4) is 0 Å². The summed E-state index contributed by atoms with van der Waals surface area (Å²) in [4.78, 5) is 16.1. The van der Waals surface area contributed by atoms with Crippen molar-refractivity contribution in [3.05, 3.63) is 59.0 Å². The van der Waals surface area contributed by atoms with Gasteiger partial charge in [0.25, 0.3) is 10.0 Å². The lowest BCUT2D eigenvalue weighted by Crippen LogP contribution is -2.28. The van der Waals surface area contributed by atoms with E-state index in [1.54, 1.807) is 18.2 Å². The maximum atomic E-state index is 12.2. The van der Waals surface area contributed by atoms with Crippen LogP contribution in [-0.4, -0.2) is 12.4 Å². The zero-order valence-corrected chi connectivity index (χ0v) is 10.0. The quantitative estimate of drug-likeness (QED) is 0.809. The second-order valence-electron chi connectivity index (χ2n) is 3.41. The monoisotopic (exact) mass is 266 g/mol. The largest absolute Gasteiger partial charge is 0.406 e. The average molecular weight is 266 g/mol. The lowest BCUT2D eigenvalue weighted by atomic mass is 10.4. The molecule has 0 saturated heterocycles. The highest BCUT2D eigenvalue weighted by Crippen LogP contribution is 2.12. The molecular weight excluding hydrogens is 256 g/mol. The zero-order valence-electron chi connectivity index (χ0n) is 9.18. The Balaban J connectivity index is 2.67. The van der Waals surface area contributed by atoms with E-state index in [1.807, 2.05) is 0 Å². The van der Waals surface area contributed by atoms with Gasteiger partial charge in [-0.05, 0) is 24.3 Å². The molecule has 0 atom stereocenters. The first-order chi connectivity index (χ1) is 8.57. The lowest BCUT2D eigenvalue weighted by molar-refractivity contribution is 0.328. The first-order valence-corrected chi connectivity index (χ1v) is 6.40. The molecule has 0 aliphatic rings. The molecule has 0 unspecified atom stereocenters. The summed E-state index contributed by atoms with van der Waals surface area (Å²) in [6.07, 6.45) is 1.15. The van der Waals surface area contributed by atoms with Crippen molar-refractivity contribution in [2.45, 2.75) is 4.90 Å². The lowest BCUT2D eigenvalue weighted by Gasteiger charge is -2.08. The third-order valence-electron chi connectivity index (χ3n) is 2.31. The molecule has 0 aliphatic heterocycles. The second-order valence-corrected chi connectivity index (χ2v) is 5.22. The van der Waals surface area contributed by atoms with Gasteiger partial charge >= 0.3 is 5.56 Å². The van der Waals surface area contributed by atoms with Gasteiger partial charge in [-0.3, -0.25) is 4.79 Å². The molecule has 1 aromatic heterocycles. The topological polar surface area (TPSA) is 91.4 Å². The maximum Gasteiger partial charge on any atom is 0.309 e. The van der Waals surface area contributed by atoms with Crippen molar-refractivity contribution in [2.75, 3.05) is 0 Å². The van der Waals surface area contributed by atoms with E-state index < -0.39 is 15.6 Å². The van der Waals surface area contributed by atoms with Gasteiger partial charge in [-0.1, -0.05) is 18.2 Å². The fourth-order valence-corrected chi connectivity index (χ4v) is 2.71. The molecule has 6 nitrogen and oxygen atoms in total. The highest BCUT2D eigenvalue weighted by molar-refractivity contribution is 7.90. The minimum absolute atomic E-state index is 0.0151. The Kier molecular flexibility index (Phi) is 3.17. The summed E-state index contributed by atoms with van der Waals surface area (Å²) in [5.41, 5.74) is -0.830. The van der Waals surface area contributed by atoms with Crippen molar-refractivity contribution >= 4 is 10.0 Å². The Morgan fingerprint density at radius 1 is 1.06 bits per heavy atom. The molecular formula is C11H10N2O4S. The molecule has 1 heterocycles. The van der Waals surface area contributed by atoms with Crippen LogP contribution in [0, 0.1) is 0 Å². The van der Waals surface area contributed by atoms with Gasteiger partial charge in [0.2, 0.25) is 5.75 Å². The third kappa shape index (κ3) is 2.01. The molecule has 0 amide bonds. The maximum absolute atomic E-state index is 12.2. The van der Waals surface area contributed by atoms with Crippen molar-refractivity contribution in [1.82, 2.24) is 3.97 Å². The predicted molar refractivity (Wildman–Crippen MR) is 64.5 cm³/mol. The molecule has 18 heavy (non-hydrogen) atoms. The number of nitrogens with two attached hydrogens (primary N) is 1. The van der Waals surface area contributed by atoms with Gasteiger partial charge in [0, 0.05) is 6.20 Å². The van der Waals surface area contributed by atoms with E-state index in [-0.39, 0.29) is 10.6 Å². The number of hydrogen-bond donors (Lipinski definition) is 1. The summed E-state index contributed by atoms with van der Waals surface area (Å²) >= 11 is 0. The SMILES string of the molecule is NOc1cccn(S(=O)(=O)c2ccccc2)c1=O. The summed E-state index contributed by atoms with van der Waals surface area (Å²) in [7, 11) is -3.93. The molecule has 2 rings (SSSR count). The van der Waals surface area contributed by atoms with E-state index in [9.17, 15) is 13.2 Å². The van der Waals surface area contributed by atoms with Crippen LogP contribution in [-0.2, 0) is 10.0 Å². The Morgan fingerprint density at radius 2 is 1.72 bits per heavy atom. The number of rotatable bonds is 3. The summed E-state index contributed by atoms with van der Waals surface area (Å²) in [6, 6.07) is 10.3. The van der Waals surface area contributed by atoms with Crippen LogP contribution in [0.25, 0.3) is 0 Å². The van der Waals surface area contributed by atoms with Gasteiger partial charge in [-0.15, -0.1) is 0 Å². The molecule has 2 aromatic rings. The number of benzene rings is 1. The van der Waals surface area contributed by atoms with Crippen LogP contribution >= 0.6 is 0 Å². The predicted octanol–water partition coefficient (Wildman–Crippen LogP) is 0.338. The first kappa shape index (κ1) is 12.3. The van der Waals surface area contributed by atoms with Crippen molar-refractivity contribution in [3.8, 4) is 5.75 Å². The number of aromatic nitrogens is 1. The Morgan fingerprint density at radius 3 is 2.33 bits per heavy atom. The van der Waals surface area contributed by atoms with Crippen LogP contribution in [0.15, 0.2) is 58.4 Å². The number of pyridine rings is 1. The van der Waals surface area contributed by atoms with Crippen LogP contribution < -0.4 is 16.3 Å². The van der Waals surface area contributed by atoms with Gasteiger partial charge in [0.15, 0.2) is 0 Å². The van der Waals surface area contributed by atoms with Crippen molar-refractivity contribution in [1.29, 1.82) is 0 Å². The highest BCUT2D eigenvalue weighted by atomic mass is 32.2. The Labute approximate surface area is 103 Å². The standard InChI is InChI=1S/C11H10N2O4S/c12-17-10-7-4-8-13(11(10)14)18(15,16)9-5-2-1-3-6-9/h1-8H,12H2. The van der Waals surface area contributed by atoms with Crippen LogP contribution in [0.4, 0.5) is 0 Å². The summed E-state index contributed by atoms with van der Waals surface area (Å²) < 4.78 is 25.0. The number of hydrogen-bond acceptors (Lipinski definition) is 5. The van der Waals surface area contributed by atoms with Gasteiger partial charge in [0.1, 0.15) is 0 Å². The van der Waals surface area contributed by atoms with E-state index in [1.165, 1.54) is 24.3 Å². The molecule has 0 spiro atoms. The first-order valence-electron chi connectivity index (χ1n) is 4.96. The van der Waals surface area contributed by atoms with Crippen molar-refractivity contribution < 1.29 is 13.3 Å². The fourth-order valence-electron chi connectivity index (χ4n) is 1.44. The molecule has 2 N–H and O–H groups in total.